The molecule has 0 bridgehead atoms. The van der Waals surface area contributed by atoms with Crippen LogP contribution in [0.4, 0.5) is 14.6 Å². The van der Waals surface area contributed by atoms with Crippen molar-refractivity contribution >= 4 is 5.82 Å². The molecule has 1 aromatic heterocycles. The van der Waals surface area contributed by atoms with Crippen LogP contribution in [0, 0.1) is 11.6 Å². The Morgan fingerprint density at radius 3 is 2.62 bits per heavy atom. The van der Waals surface area contributed by atoms with Crippen LogP contribution in [0.2, 0.25) is 0 Å². The van der Waals surface area contributed by atoms with E-state index in [0.717, 1.165) is 18.9 Å². The average Bonchev–Trinajstić information content (AvgIpc) is 3.24. The molecule has 1 aliphatic rings. The third-order valence-electron chi connectivity index (χ3n) is 3.44. The molecule has 2 aromatic rings. The van der Waals surface area contributed by atoms with Crippen LogP contribution >= 0.6 is 0 Å². The maximum absolute atomic E-state index is 13.1. The molecular weight excluding hydrogens is 276 g/mol. The average molecular weight is 291 g/mol. The molecule has 1 heterocycles. The molecule has 1 N–H and O–H groups in total. The molecule has 0 atom stereocenters. The van der Waals surface area contributed by atoms with Crippen LogP contribution in [0.25, 0.3) is 0 Å². The summed E-state index contributed by atoms with van der Waals surface area (Å²) < 4.78 is 27.8. The molecule has 0 amide bonds. The Bertz CT molecular complexity index is 690. The van der Waals surface area contributed by atoms with E-state index < -0.39 is 11.6 Å². The lowest BCUT2D eigenvalue weighted by Gasteiger charge is -2.08. The second-order valence-electron chi connectivity index (χ2n) is 5.17. The molecule has 21 heavy (non-hydrogen) atoms. The summed E-state index contributed by atoms with van der Waals surface area (Å²) in [6.07, 6.45) is 5.73. The van der Waals surface area contributed by atoms with Gasteiger partial charge in [-0.2, -0.15) is 0 Å². The Morgan fingerprint density at radius 1 is 1.24 bits per heavy atom. The number of hydrogen-bond acceptors (Lipinski definition) is 3. The van der Waals surface area contributed by atoms with E-state index in [1.54, 1.807) is 17.0 Å². The number of rotatable bonds is 5. The van der Waals surface area contributed by atoms with Crippen LogP contribution < -0.4 is 10.9 Å². The summed E-state index contributed by atoms with van der Waals surface area (Å²) in [4.78, 5) is 16.1. The van der Waals surface area contributed by atoms with Gasteiger partial charge in [-0.25, -0.2) is 13.8 Å². The summed E-state index contributed by atoms with van der Waals surface area (Å²) in [5.41, 5.74) is 0.392. The zero-order chi connectivity index (χ0) is 14.8. The fourth-order valence-corrected chi connectivity index (χ4v) is 2.27. The van der Waals surface area contributed by atoms with Crippen LogP contribution in [-0.4, -0.2) is 16.1 Å². The molecule has 6 heteroatoms. The van der Waals surface area contributed by atoms with Gasteiger partial charge < -0.3 is 9.88 Å². The van der Waals surface area contributed by atoms with E-state index in [2.05, 4.69) is 10.3 Å². The molecule has 3 rings (SSSR count). The van der Waals surface area contributed by atoms with Crippen LogP contribution in [0.1, 0.15) is 24.4 Å². The van der Waals surface area contributed by atoms with Gasteiger partial charge >= 0.3 is 0 Å². The predicted molar refractivity (Wildman–Crippen MR) is 75.3 cm³/mol. The Hall–Kier alpha value is -2.24. The highest BCUT2D eigenvalue weighted by atomic mass is 19.1. The van der Waals surface area contributed by atoms with Crippen molar-refractivity contribution in [3.8, 4) is 0 Å². The maximum atomic E-state index is 13.1. The van der Waals surface area contributed by atoms with Gasteiger partial charge in [0, 0.05) is 31.0 Å². The molecule has 0 radical (unpaired) electrons. The Labute approximate surface area is 120 Å². The minimum atomic E-state index is -0.598. The first-order valence-electron chi connectivity index (χ1n) is 6.89. The standard InChI is InChI=1S/C15H15F2N3O/c16-11-7-10(8-12(17)9-11)3-4-18-14-15(21)20(6-5-19-14)13-1-2-13/h5-9,13H,1-4H2,(H,18,19). The number of benzene rings is 1. The third-order valence-corrected chi connectivity index (χ3v) is 3.44. The summed E-state index contributed by atoms with van der Waals surface area (Å²) >= 11 is 0. The zero-order valence-electron chi connectivity index (χ0n) is 11.4. The molecule has 0 saturated heterocycles. The third kappa shape index (κ3) is 3.26. The Kier molecular flexibility index (Phi) is 3.68. The molecule has 4 nitrogen and oxygen atoms in total. The van der Waals surface area contributed by atoms with Gasteiger partial charge in [0.15, 0.2) is 5.82 Å². The highest BCUT2D eigenvalue weighted by Crippen LogP contribution is 2.33. The van der Waals surface area contributed by atoms with E-state index in [-0.39, 0.29) is 11.4 Å². The summed E-state index contributed by atoms with van der Waals surface area (Å²) in [6, 6.07) is 3.69. The number of nitrogens with zero attached hydrogens (tertiary/aromatic N) is 2. The lowest BCUT2D eigenvalue weighted by Crippen LogP contribution is -2.24. The largest absolute Gasteiger partial charge is 0.365 e. The topological polar surface area (TPSA) is 46.9 Å². The quantitative estimate of drug-likeness (QED) is 0.920. The normalized spacial score (nSPS) is 14.2. The fourth-order valence-electron chi connectivity index (χ4n) is 2.27. The summed E-state index contributed by atoms with van der Waals surface area (Å²) in [5.74, 6) is -0.917. The van der Waals surface area contributed by atoms with Gasteiger partial charge in [0.05, 0.1) is 0 Å². The molecule has 1 aliphatic carbocycles. The van der Waals surface area contributed by atoms with E-state index in [1.807, 2.05) is 0 Å². The summed E-state index contributed by atoms with van der Waals surface area (Å²) in [7, 11) is 0. The van der Waals surface area contributed by atoms with E-state index >= 15 is 0 Å². The minimum absolute atomic E-state index is 0.148. The van der Waals surface area contributed by atoms with Crippen molar-refractivity contribution in [1.82, 2.24) is 9.55 Å². The second-order valence-corrected chi connectivity index (χ2v) is 5.17. The van der Waals surface area contributed by atoms with Crippen molar-refractivity contribution in [2.45, 2.75) is 25.3 Å². The van der Waals surface area contributed by atoms with Crippen LogP contribution in [0.3, 0.4) is 0 Å². The lowest BCUT2D eigenvalue weighted by molar-refractivity contribution is 0.580. The minimum Gasteiger partial charge on any atom is -0.365 e. The Morgan fingerprint density at radius 2 is 1.95 bits per heavy atom. The van der Waals surface area contributed by atoms with E-state index in [9.17, 15) is 13.6 Å². The molecule has 0 aliphatic heterocycles. The summed E-state index contributed by atoms with van der Waals surface area (Å²) in [6.45, 7) is 0.389. The molecular formula is C15H15F2N3O. The van der Waals surface area contributed by atoms with Gasteiger partial charge in [-0.15, -0.1) is 0 Å². The van der Waals surface area contributed by atoms with Crippen LogP contribution in [0.15, 0.2) is 35.4 Å². The highest BCUT2D eigenvalue weighted by molar-refractivity contribution is 5.32. The molecule has 0 unspecified atom stereocenters. The molecule has 1 aromatic carbocycles. The smallest absolute Gasteiger partial charge is 0.293 e. The SMILES string of the molecule is O=c1c(NCCc2cc(F)cc(F)c2)nccn1C1CC1. The van der Waals surface area contributed by atoms with Crippen LogP contribution in [-0.2, 0) is 6.42 Å². The van der Waals surface area contributed by atoms with Crippen molar-refractivity contribution in [3.05, 3.63) is 58.1 Å². The molecule has 0 spiro atoms. The van der Waals surface area contributed by atoms with Gasteiger partial charge in [-0.1, -0.05) is 0 Å². The van der Waals surface area contributed by atoms with Crippen molar-refractivity contribution < 1.29 is 8.78 Å². The van der Waals surface area contributed by atoms with E-state index in [0.29, 0.717) is 24.6 Å². The second kappa shape index (κ2) is 5.63. The lowest BCUT2D eigenvalue weighted by atomic mass is 10.1. The van der Waals surface area contributed by atoms with E-state index in [1.165, 1.54) is 12.1 Å². The number of hydrogen-bond donors (Lipinski definition) is 1. The van der Waals surface area contributed by atoms with Crippen molar-refractivity contribution in [3.63, 3.8) is 0 Å². The van der Waals surface area contributed by atoms with Crippen LogP contribution in [0.5, 0.6) is 0 Å². The van der Waals surface area contributed by atoms with Crippen molar-refractivity contribution in [2.24, 2.45) is 0 Å². The van der Waals surface area contributed by atoms with Gasteiger partial charge in [0.25, 0.3) is 5.56 Å². The number of aromatic nitrogens is 2. The molecule has 1 saturated carbocycles. The van der Waals surface area contributed by atoms with E-state index in [4.69, 9.17) is 0 Å². The molecule has 1 fully saturated rings. The number of nitrogens with one attached hydrogen (secondary N) is 1. The number of anilines is 1. The first-order valence-corrected chi connectivity index (χ1v) is 6.89. The fraction of sp³-hybridized carbons (Fsp3) is 0.333. The maximum Gasteiger partial charge on any atom is 0.293 e. The highest BCUT2D eigenvalue weighted by Gasteiger charge is 2.25. The van der Waals surface area contributed by atoms with Gasteiger partial charge in [-0.3, -0.25) is 4.79 Å². The Balaban J connectivity index is 1.65. The monoisotopic (exact) mass is 291 g/mol. The molecule has 110 valence electrons. The van der Waals surface area contributed by atoms with Crippen molar-refractivity contribution in [1.29, 1.82) is 0 Å². The van der Waals surface area contributed by atoms with Crippen molar-refractivity contribution in [2.75, 3.05) is 11.9 Å². The van der Waals surface area contributed by atoms with Gasteiger partial charge in [0.1, 0.15) is 11.6 Å². The van der Waals surface area contributed by atoms with Gasteiger partial charge in [-0.05, 0) is 37.0 Å². The first-order chi connectivity index (χ1) is 10.1. The first kappa shape index (κ1) is 13.7. The summed E-state index contributed by atoms with van der Waals surface area (Å²) in [5, 5.41) is 2.93. The van der Waals surface area contributed by atoms with Gasteiger partial charge in [0.2, 0.25) is 0 Å². The zero-order valence-corrected chi connectivity index (χ0v) is 11.4. The number of halogens is 2. The predicted octanol–water partition coefficient (Wildman–Crippen LogP) is 2.51.